The average Bonchev–Trinajstić information content (AvgIpc) is 2.26. The van der Waals surface area contributed by atoms with E-state index in [1.54, 1.807) is 6.07 Å². The summed E-state index contributed by atoms with van der Waals surface area (Å²) < 4.78 is 25.6. The number of hydrogen-bond acceptors (Lipinski definition) is 2. The number of nitrogens with two attached hydrogens (primary N) is 1. The van der Waals surface area contributed by atoms with Crippen LogP contribution in [0.4, 0.5) is 10.1 Å². The molecule has 0 aliphatic heterocycles. The molecule has 2 N–H and O–H groups in total. The quantitative estimate of drug-likeness (QED) is 0.825. The van der Waals surface area contributed by atoms with E-state index in [1.165, 1.54) is 18.6 Å². The smallest absolute Gasteiger partial charge is 0.126 e. The van der Waals surface area contributed by atoms with Crippen molar-refractivity contribution in [2.24, 2.45) is 5.92 Å². The fourth-order valence-corrected chi connectivity index (χ4v) is 4.22. The van der Waals surface area contributed by atoms with Gasteiger partial charge in [0.05, 0.1) is 10.8 Å². The van der Waals surface area contributed by atoms with Crippen LogP contribution in [0.2, 0.25) is 0 Å². The van der Waals surface area contributed by atoms with E-state index >= 15 is 0 Å². The minimum absolute atomic E-state index is 0.153. The highest BCUT2D eigenvalue weighted by atomic mass is 32.2. The first kappa shape index (κ1) is 12.6. The van der Waals surface area contributed by atoms with E-state index in [2.05, 4.69) is 6.92 Å². The minimum atomic E-state index is -1.13. The lowest BCUT2D eigenvalue weighted by Crippen LogP contribution is -2.23. The molecule has 0 spiro atoms. The van der Waals surface area contributed by atoms with Gasteiger partial charge in [-0.05, 0) is 37.0 Å². The molecule has 0 aromatic heterocycles. The van der Waals surface area contributed by atoms with Gasteiger partial charge in [-0.15, -0.1) is 0 Å². The van der Waals surface area contributed by atoms with Crippen molar-refractivity contribution in [2.75, 3.05) is 5.73 Å². The highest BCUT2D eigenvalue weighted by Gasteiger charge is 2.25. The van der Waals surface area contributed by atoms with Gasteiger partial charge in [0.15, 0.2) is 0 Å². The van der Waals surface area contributed by atoms with Gasteiger partial charge in [-0.2, -0.15) is 0 Å². The Hall–Kier alpha value is -0.900. The maximum Gasteiger partial charge on any atom is 0.126 e. The molecule has 0 amide bonds. The van der Waals surface area contributed by atoms with E-state index < -0.39 is 16.6 Å². The Morgan fingerprint density at radius 2 is 2.12 bits per heavy atom. The SMILES string of the molecule is CC1CCCC(S(=O)c2cc(N)cc(F)c2)C1. The highest BCUT2D eigenvalue weighted by Crippen LogP contribution is 2.30. The van der Waals surface area contributed by atoms with Gasteiger partial charge in [-0.3, -0.25) is 4.21 Å². The van der Waals surface area contributed by atoms with Crippen LogP contribution >= 0.6 is 0 Å². The molecule has 1 aliphatic carbocycles. The van der Waals surface area contributed by atoms with Crippen molar-refractivity contribution in [3.63, 3.8) is 0 Å². The number of nitrogen functional groups attached to an aromatic ring is 1. The Morgan fingerprint density at radius 3 is 2.76 bits per heavy atom. The summed E-state index contributed by atoms with van der Waals surface area (Å²) in [4.78, 5) is 0.529. The maximum atomic E-state index is 13.2. The highest BCUT2D eigenvalue weighted by molar-refractivity contribution is 7.85. The van der Waals surface area contributed by atoms with E-state index in [4.69, 9.17) is 5.73 Å². The minimum Gasteiger partial charge on any atom is -0.399 e. The number of benzene rings is 1. The summed E-state index contributed by atoms with van der Waals surface area (Å²) in [5.41, 5.74) is 5.92. The molecule has 94 valence electrons. The van der Waals surface area contributed by atoms with Gasteiger partial charge in [0.25, 0.3) is 0 Å². The second kappa shape index (κ2) is 5.17. The number of halogens is 1. The fraction of sp³-hybridized carbons (Fsp3) is 0.538. The zero-order chi connectivity index (χ0) is 12.4. The normalized spacial score (nSPS) is 26.7. The molecule has 1 aliphatic rings. The Balaban J connectivity index is 2.18. The Bertz CT molecular complexity index is 415. The van der Waals surface area contributed by atoms with E-state index in [1.807, 2.05) is 0 Å². The van der Waals surface area contributed by atoms with Gasteiger partial charge in [-0.25, -0.2) is 4.39 Å². The second-order valence-electron chi connectivity index (χ2n) is 4.91. The summed E-state index contributed by atoms with van der Waals surface area (Å²) in [5.74, 6) is 0.209. The van der Waals surface area contributed by atoms with Crippen LogP contribution in [0.3, 0.4) is 0 Å². The lowest BCUT2D eigenvalue weighted by Gasteiger charge is -2.26. The van der Waals surface area contributed by atoms with Crippen LogP contribution in [-0.2, 0) is 10.8 Å². The number of anilines is 1. The molecule has 3 unspecified atom stereocenters. The van der Waals surface area contributed by atoms with Gasteiger partial charge in [0.2, 0.25) is 0 Å². The molecule has 0 radical (unpaired) electrons. The standard InChI is InChI=1S/C13H18FNOS/c1-9-3-2-4-12(5-9)17(16)13-7-10(14)6-11(15)8-13/h6-9,12H,2-5,15H2,1H3. The monoisotopic (exact) mass is 255 g/mol. The van der Waals surface area contributed by atoms with Crippen molar-refractivity contribution in [2.45, 2.75) is 42.8 Å². The maximum absolute atomic E-state index is 13.2. The molecule has 0 saturated heterocycles. The zero-order valence-electron chi connectivity index (χ0n) is 9.99. The first-order chi connectivity index (χ1) is 8.06. The lowest BCUT2D eigenvalue weighted by atomic mass is 9.91. The van der Waals surface area contributed by atoms with Gasteiger partial charge in [0, 0.05) is 15.8 Å². The van der Waals surface area contributed by atoms with E-state index in [0.717, 1.165) is 19.3 Å². The van der Waals surface area contributed by atoms with Crippen molar-refractivity contribution < 1.29 is 8.60 Å². The van der Waals surface area contributed by atoms with E-state index in [9.17, 15) is 8.60 Å². The molecular formula is C13H18FNOS. The molecule has 1 saturated carbocycles. The van der Waals surface area contributed by atoms with Crippen LogP contribution in [-0.4, -0.2) is 9.46 Å². The largest absolute Gasteiger partial charge is 0.399 e. The third-order valence-electron chi connectivity index (χ3n) is 3.32. The third kappa shape index (κ3) is 3.06. The first-order valence-corrected chi connectivity index (χ1v) is 7.24. The first-order valence-electron chi connectivity index (χ1n) is 6.03. The predicted octanol–water partition coefficient (Wildman–Crippen LogP) is 3.09. The molecule has 17 heavy (non-hydrogen) atoms. The summed E-state index contributed by atoms with van der Waals surface area (Å²) in [5, 5.41) is 0.153. The van der Waals surface area contributed by atoms with Crippen molar-refractivity contribution in [3.8, 4) is 0 Å². The Morgan fingerprint density at radius 1 is 1.35 bits per heavy atom. The molecular weight excluding hydrogens is 237 g/mol. The molecule has 0 bridgehead atoms. The van der Waals surface area contributed by atoms with E-state index in [-0.39, 0.29) is 5.25 Å². The van der Waals surface area contributed by atoms with Crippen LogP contribution in [0.15, 0.2) is 23.1 Å². The van der Waals surface area contributed by atoms with Gasteiger partial charge in [-0.1, -0.05) is 19.8 Å². The van der Waals surface area contributed by atoms with Gasteiger partial charge < -0.3 is 5.73 Å². The van der Waals surface area contributed by atoms with Gasteiger partial charge in [0.1, 0.15) is 5.82 Å². The van der Waals surface area contributed by atoms with Crippen LogP contribution < -0.4 is 5.73 Å². The number of rotatable bonds is 2. The zero-order valence-corrected chi connectivity index (χ0v) is 10.8. The third-order valence-corrected chi connectivity index (χ3v) is 5.05. The van der Waals surface area contributed by atoms with Crippen LogP contribution in [0.25, 0.3) is 0 Å². The van der Waals surface area contributed by atoms with Crippen molar-refractivity contribution in [1.29, 1.82) is 0 Å². The lowest BCUT2D eigenvalue weighted by molar-refractivity contribution is 0.389. The predicted molar refractivity (Wildman–Crippen MR) is 68.6 cm³/mol. The summed E-state index contributed by atoms with van der Waals surface area (Å²) >= 11 is 0. The molecule has 0 heterocycles. The van der Waals surface area contributed by atoms with Crippen LogP contribution in [0.1, 0.15) is 32.6 Å². The molecule has 1 fully saturated rings. The van der Waals surface area contributed by atoms with Crippen molar-refractivity contribution in [3.05, 3.63) is 24.0 Å². The Labute approximate surface area is 104 Å². The molecule has 1 aromatic carbocycles. The number of hydrogen-bond donors (Lipinski definition) is 1. The van der Waals surface area contributed by atoms with Crippen molar-refractivity contribution in [1.82, 2.24) is 0 Å². The molecule has 4 heteroatoms. The molecule has 2 rings (SSSR count). The average molecular weight is 255 g/mol. The summed E-state index contributed by atoms with van der Waals surface area (Å²) in [6.45, 7) is 2.18. The molecule has 1 aromatic rings. The summed E-state index contributed by atoms with van der Waals surface area (Å²) in [6, 6.07) is 4.22. The molecule has 3 atom stereocenters. The van der Waals surface area contributed by atoms with E-state index in [0.29, 0.717) is 16.5 Å². The second-order valence-corrected chi connectivity index (χ2v) is 6.64. The van der Waals surface area contributed by atoms with Crippen molar-refractivity contribution >= 4 is 16.5 Å². The van der Waals surface area contributed by atoms with Crippen LogP contribution in [0, 0.1) is 11.7 Å². The fourth-order valence-electron chi connectivity index (χ4n) is 2.47. The summed E-state index contributed by atoms with van der Waals surface area (Å²) in [6.07, 6.45) is 4.25. The molecule has 2 nitrogen and oxygen atoms in total. The topological polar surface area (TPSA) is 43.1 Å². The van der Waals surface area contributed by atoms with Gasteiger partial charge >= 0.3 is 0 Å². The summed E-state index contributed by atoms with van der Waals surface area (Å²) in [7, 11) is -1.13. The van der Waals surface area contributed by atoms with Crippen LogP contribution in [0.5, 0.6) is 0 Å². The Kier molecular flexibility index (Phi) is 3.82.